The molecule has 8 nitrogen and oxygen atoms in total. The highest BCUT2D eigenvalue weighted by molar-refractivity contribution is 5.91. The van der Waals surface area contributed by atoms with E-state index in [0.29, 0.717) is 19.8 Å². The van der Waals surface area contributed by atoms with Crippen LogP contribution in [0.1, 0.15) is 85.5 Å². The van der Waals surface area contributed by atoms with Gasteiger partial charge in [-0.2, -0.15) is 0 Å². The summed E-state index contributed by atoms with van der Waals surface area (Å²) in [6, 6.07) is -0.344. The molecule has 0 aromatic rings. The van der Waals surface area contributed by atoms with Gasteiger partial charge in [0.05, 0.1) is 29.7 Å². The lowest BCUT2D eigenvalue weighted by molar-refractivity contribution is -0.177. The first-order chi connectivity index (χ1) is 19.3. The predicted molar refractivity (Wildman–Crippen MR) is 141 cm³/mol. The Balaban J connectivity index is 1.24. The summed E-state index contributed by atoms with van der Waals surface area (Å²) in [7, 11) is 0. The average Bonchev–Trinajstić information content (AvgIpc) is 3.68. The minimum atomic E-state index is -3.16. The molecule has 0 aromatic heterocycles. The van der Waals surface area contributed by atoms with Crippen LogP contribution in [0.3, 0.4) is 0 Å². The van der Waals surface area contributed by atoms with Crippen molar-refractivity contribution in [1.29, 1.82) is 0 Å². The van der Waals surface area contributed by atoms with Crippen LogP contribution in [-0.4, -0.2) is 65.0 Å². The Kier molecular flexibility index (Phi) is 7.16. The molecule has 10 heteroatoms. The third-order valence-electron chi connectivity index (χ3n) is 10.9. The first-order valence-corrected chi connectivity index (χ1v) is 15.5. The van der Waals surface area contributed by atoms with Gasteiger partial charge in [0.1, 0.15) is 12.2 Å². The lowest BCUT2D eigenvalue weighted by Crippen LogP contribution is -2.53. The largest absolute Gasteiger partial charge is 0.462 e. The molecular formula is C31H43F2NO7. The van der Waals surface area contributed by atoms with Crippen molar-refractivity contribution in [3.8, 4) is 0 Å². The van der Waals surface area contributed by atoms with E-state index in [2.05, 4.69) is 0 Å². The Labute approximate surface area is 240 Å². The standard InChI is InChI=1S/C31H43F2NO7/c1-30(2,3)34-24-18-13-19(23(22(18)26(34)35)29(38)40-17-8-6-5-7-9-17)25(24)41-28(37)21-16-11-10-15(12-16)20(21)27(36)39-14-31(4,32)33/h15-25H,5-14H2,1-4H3. The highest BCUT2D eigenvalue weighted by Crippen LogP contribution is 2.62. The summed E-state index contributed by atoms with van der Waals surface area (Å²) in [6.07, 6.45) is 6.75. The number of carbonyl (C=O) groups excluding carboxylic acids is 4. The zero-order valence-electron chi connectivity index (χ0n) is 24.5. The van der Waals surface area contributed by atoms with Gasteiger partial charge in [0.15, 0.2) is 6.61 Å². The van der Waals surface area contributed by atoms with Gasteiger partial charge in [0, 0.05) is 18.4 Å². The number of fused-ring (bicyclic) bond motifs is 3. The van der Waals surface area contributed by atoms with Crippen molar-refractivity contribution in [2.24, 2.45) is 47.3 Å². The van der Waals surface area contributed by atoms with Crippen LogP contribution in [0.5, 0.6) is 0 Å². The number of halogens is 2. The van der Waals surface area contributed by atoms with Crippen LogP contribution in [0.25, 0.3) is 0 Å². The van der Waals surface area contributed by atoms with Gasteiger partial charge < -0.3 is 19.1 Å². The zero-order chi connectivity index (χ0) is 29.4. The van der Waals surface area contributed by atoms with E-state index in [-0.39, 0.29) is 47.7 Å². The lowest BCUT2D eigenvalue weighted by Gasteiger charge is -2.41. The van der Waals surface area contributed by atoms with Crippen molar-refractivity contribution in [2.75, 3.05) is 6.61 Å². The summed E-state index contributed by atoms with van der Waals surface area (Å²) >= 11 is 0. The van der Waals surface area contributed by atoms with Gasteiger partial charge in [-0.3, -0.25) is 19.2 Å². The van der Waals surface area contributed by atoms with Crippen molar-refractivity contribution in [2.45, 2.75) is 115 Å². The van der Waals surface area contributed by atoms with Gasteiger partial charge in [0.25, 0.3) is 5.92 Å². The molecule has 1 saturated heterocycles. The third kappa shape index (κ3) is 4.94. The van der Waals surface area contributed by atoms with Crippen LogP contribution >= 0.6 is 0 Å². The number of ether oxygens (including phenoxy) is 3. The molecule has 10 atom stereocenters. The van der Waals surface area contributed by atoms with E-state index in [1.807, 2.05) is 25.7 Å². The number of rotatable bonds is 7. The molecule has 6 aliphatic rings. The van der Waals surface area contributed by atoms with Crippen molar-refractivity contribution >= 4 is 23.8 Å². The van der Waals surface area contributed by atoms with E-state index in [0.717, 1.165) is 44.9 Å². The highest BCUT2D eigenvalue weighted by atomic mass is 19.3. The minimum absolute atomic E-state index is 0.0745. The summed E-state index contributed by atoms with van der Waals surface area (Å²) in [4.78, 5) is 56.1. The second-order valence-corrected chi connectivity index (χ2v) is 14.6. The molecule has 0 aromatic carbocycles. The van der Waals surface area contributed by atoms with E-state index in [4.69, 9.17) is 14.2 Å². The van der Waals surface area contributed by atoms with Crippen molar-refractivity contribution in [1.82, 2.24) is 4.90 Å². The Morgan fingerprint density at radius 2 is 1.41 bits per heavy atom. The van der Waals surface area contributed by atoms with Gasteiger partial charge in [-0.15, -0.1) is 0 Å². The molecule has 5 aliphatic carbocycles. The number of likely N-dealkylation sites (tertiary alicyclic amines) is 1. The van der Waals surface area contributed by atoms with Gasteiger partial charge >= 0.3 is 17.9 Å². The summed E-state index contributed by atoms with van der Waals surface area (Å²) < 4.78 is 44.1. The van der Waals surface area contributed by atoms with Crippen LogP contribution in [0, 0.1) is 47.3 Å². The van der Waals surface area contributed by atoms with Gasteiger partial charge in [0.2, 0.25) is 5.91 Å². The maximum absolute atomic E-state index is 13.9. The number of nitrogens with zero attached hydrogens (tertiary/aromatic N) is 1. The molecular weight excluding hydrogens is 536 g/mol. The van der Waals surface area contributed by atoms with E-state index >= 15 is 0 Å². The highest BCUT2D eigenvalue weighted by Gasteiger charge is 2.72. The molecule has 6 rings (SSSR count). The summed E-state index contributed by atoms with van der Waals surface area (Å²) in [5, 5.41) is 0. The molecule has 1 aliphatic heterocycles. The second kappa shape index (κ2) is 10.2. The maximum atomic E-state index is 13.9. The molecule has 0 spiro atoms. The Morgan fingerprint density at radius 3 is 2.02 bits per heavy atom. The number of hydrogen-bond donors (Lipinski definition) is 0. The predicted octanol–water partition coefficient (Wildman–Crippen LogP) is 4.53. The molecule has 6 fully saturated rings. The maximum Gasteiger partial charge on any atom is 0.310 e. The van der Waals surface area contributed by atoms with Crippen LogP contribution < -0.4 is 0 Å². The molecule has 1 heterocycles. The minimum Gasteiger partial charge on any atom is -0.462 e. The lowest BCUT2D eigenvalue weighted by atomic mass is 9.77. The average molecular weight is 580 g/mol. The molecule has 0 radical (unpaired) electrons. The Hall–Kier alpha value is -2.26. The first-order valence-electron chi connectivity index (χ1n) is 15.5. The molecule has 228 valence electrons. The normalized spacial score (nSPS) is 39.9. The number of hydrogen-bond acceptors (Lipinski definition) is 7. The third-order valence-corrected chi connectivity index (χ3v) is 10.9. The fourth-order valence-corrected chi connectivity index (χ4v) is 9.47. The summed E-state index contributed by atoms with van der Waals surface area (Å²) in [6.45, 7) is 5.51. The Bertz CT molecular complexity index is 1090. The van der Waals surface area contributed by atoms with Crippen molar-refractivity contribution < 1.29 is 42.2 Å². The van der Waals surface area contributed by atoms with Crippen molar-refractivity contribution in [3.05, 3.63) is 0 Å². The molecule has 10 unspecified atom stereocenters. The van der Waals surface area contributed by atoms with E-state index in [1.54, 1.807) is 0 Å². The molecule has 41 heavy (non-hydrogen) atoms. The van der Waals surface area contributed by atoms with Gasteiger partial charge in [-0.05, 0) is 89.9 Å². The molecule has 5 saturated carbocycles. The van der Waals surface area contributed by atoms with Crippen LogP contribution in [-0.2, 0) is 33.4 Å². The number of alkyl halides is 2. The van der Waals surface area contributed by atoms with Gasteiger partial charge in [-0.25, -0.2) is 8.78 Å². The fraction of sp³-hybridized carbons (Fsp3) is 0.871. The SMILES string of the molecule is CC(F)(F)COC(=O)C1C2CCC(C2)C1C(=O)OC1C2CC3C(C(=O)N(C(C)(C)C)C31)C2C(=O)OC1CCCCC1. The topological polar surface area (TPSA) is 99.2 Å². The van der Waals surface area contributed by atoms with E-state index in [1.165, 1.54) is 0 Å². The number of esters is 3. The Morgan fingerprint density at radius 1 is 0.805 bits per heavy atom. The molecule has 4 bridgehead atoms. The summed E-state index contributed by atoms with van der Waals surface area (Å²) in [5.74, 6) is -8.25. The first kappa shape index (κ1) is 28.8. The van der Waals surface area contributed by atoms with Crippen LogP contribution in [0.4, 0.5) is 8.78 Å². The zero-order valence-corrected chi connectivity index (χ0v) is 24.5. The molecule has 0 N–H and O–H groups in total. The fourth-order valence-electron chi connectivity index (χ4n) is 9.47. The second-order valence-electron chi connectivity index (χ2n) is 14.6. The monoisotopic (exact) mass is 579 g/mol. The van der Waals surface area contributed by atoms with E-state index < -0.39 is 59.8 Å². The van der Waals surface area contributed by atoms with Crippen LogP contribution in [0.15, 0.2) is 0 Å². The van der Waals surface area contributed by atoms with Gasteiger partial charge in [-0.1, -0.05) is 6.42 Å². The van der Waals surface area contributed by atoms with Crippen LogP contribution in [0.2, 0.25) is 0 Å². The van der Waals surface area contributed by atoms with Crippen molar-refractivity contribution in [3.63, 3.8) is 0 Å². The quantitative estimate of drug-likeness (QED) is 0.323. The number of carbonyl (C=O) groups is 4. The molecule has 1 amide bonds. The van der Waals surface area contributed by atoms with E-state index in [9.17, 15) is 28.0 Å². The smallest absolute Gasteiger partial charge is 0.310 e. The summed E-state index contributed by atoms with van der Waals surface area (Å²) in [5.41, 5.74) is -0.541. The number of amides is 1.